The number of ether oxygens (including phenoxy) is 3. The zero-order valence-corrected chi connectivity index (χ0v) is 19.4. The summed E-state index contributed by atoms with van der Waals surface area (Å²) in [6.45, 7) is -0.264. The minimum Gasteiger partial charge on any atom is -0.505 e. The van der Waals surface area contributed by atoms with Gasteiger partial charge in [0.25, 0.3) is 5.91 Å². The van der Waals surface area contributed by atoms with Crippen molar-refractivity contribution in [1.29, 1.82) is 0 Å². The quantitative estimate of drug-likeness (QED) is 0.374. The second kappa shape index (κ2) is 10.3. The second-order valence-electron chi connectivity index (χ2n) is 7.44. The molecule has 4 rings (SSSR count). The van der Waals surface area contributed by atoms with E-state index in [-0.39, 0.29) is 12.4 Å². The van der Waals surface area contributed by atoms with Crippen molar-refractivity contribution in [2.75, 3.05) is 20.8 Å². The van der Waals surface area contributed by atoms with Crippen LogP contribution in [-0.4, -0.2) is 36.8 Å². The summed E-state index contributed by atoms with van der Waals surface area (Å²) >= 11 is 6.49. The summed E-state index contributed by atoms with van der Waals surface area (Å²) in [5.41, 5.74) is 1.55. The number of aromatic hydroxyl groups is 1. The van der Waals surface area contributed by atoms with Gasteiger partial charge in [-0.1, -0.05) is 41.9 Å². The van der Waals surface area contributed by atoms with Crippen molar-refractivity contribution < 1.29 is 24.1 Å². The van der Waals surface area contributed by atoms with Crippen LogP contribution in [0.3, 0.4) is 0 Å². The molecule has 1 unspecified atom stereocenters. The first-order valence-electron chi connectivity index (χ1n) is 10.5. The van der Waals surface area contributed by atoms with Crippen molar-refractivity contribution in [3.8, 4) is 23.0 Å². The highest BCUT2D eigenvalue weighted by atomic mass is 35.5. The van der Waals surface area contributed by atoms with Crippen LogP contribution in [0.4, 0.5) is 0 Å². The molecule has 7 nitrogen and oxygen atoms in total. The number of hydrogen-bond acceptors (Lipinski definition) is 6. The fourth-order valence-corrected chi connectivity index (χ4v) is 3.90. The third-order valence-electron chi connectivity index (χ3n) is 5.29. The van der Waals surface area contributed by atoms with Crippen LogP contribution in [0.15, 0.2) is 72.9 Å². The van der Waals surface area contributed by atoms with E-state index in [9.17, 15) is 9.90 Å². The molecule has 1 atom stereocenters. The number of rotatable bonds is 8. The van der Waals surface area contributed by atoms with E-state index in [1.807, 2.05) is 30.3 Å². The van der Waals surface area contributed by atoms with Crippen LogP contribution in [-0.2, 0) is 4.79 Å². The number of methoxy groups -OCH3 is 2. The summed E-state index contributed by atoms with van der Waals surface area (Å²) in [6, 6.07) is 18.8. The number of hydrogen-bond donors (Lipinski definition) is 2. The summed E-state index contributed by atoms with van der Waals surface area (Å²) in [5.74, 6) is 1.06. The number of nitrogens with zero attached hydrogens (tertiary/aromatic N) is 1. The molecule has 8 heteroatoms. The van der Waals surface area contributed by atoms with Crippen molar-refractivity contribution in [2.24, 2.45) is 0 Å². The monoisotopic (exact) mass is 478 g/mol. The molecule has 0 saturated carbocycles. The predicted octanol–water partition coefficient (Wildman–Crippen LogP) is 4.90. The number of amides is 1. The lowest BCUT2D eigenvalue weighted by Crippen LogP contribution is -2.33. The van der Waals surface area contributed by atoms with Crippen molar-refractivity contribution in [3.05, 3.63) is 89.1 Å². The summed E-state index contributed by atoms with van der Waals surface area (Å²) < 4.78 is 16.2. The molecule has 0 bridgehead atoms. The number of pyridine rings is 1. The number of nitrogens with one attached hydrogen (secondary N) is 1. The summed E-state index contributed by atoms with van der Waals surface area (Å²) in [4.78, 5) is 17.2. The number of phenolic OH excluding ortho intramolecular Hbond substituents is 1. The van der Waals surface area contributed by atoms with E-state index in [0.29, 0.717) is 38.7 Å². The lowest BCUT2D eigenvalue weighted by molar-refractivity contribution is -0.123. The number of carbonyl (C=O) groups excluding carboxylic acids is 1. The third kappa shape index (κ3) is 5.00. The molecule has 2 N–H and O–H groups in total. The van der Waals surface area contributed by atoms with Crippen molar-refractivity contribution >= 4 is 28.4 Å². The Bertz CT molecular complexity index is 1290. The highest BCUT2D eigenvalue weighted by molar-refractivity contribution is 6.35. The molecule has 1 heterocycles. The van der Waals surface area contributed by atoms with Crippen LogP contribution in [0.5, 0.6) is 23.0 Å². The SMILES string of the molecule is COc1cc(OC)cc(OCC(=O)NC(c2ccccc2)c2cc(Cl)c3cccnc3c2O)c1. The van der Waals surface area contributed by atoms with Crippen LogP contribution >= 0.6 is 11.6 Å². The topological polar surface area (TPSA) is 89.9 Å². The maximum absolute atomic E-state index is 12.9. The smallest absolute Gasteiger partial charge is 0.258 e. The van der Waals surface area contributed by atoms with E-state index in [1.54, 1.807) is 42.6 Å². The van der Waals surface area contributed by atoms with Crippen LogP contribution in [0, 0.1) is 0 Å². The third-order valence-corrected chi connectivity index (χ3v) is 5.60. The van der Waals surface area contributed by atoms with Gasteiger partial charge in [-0.25, -0.2) is 0 Å². The number of carbonyl (C=O) groups is 1. The molecule has 0 radical (unpaired) electrons. The summed E-state index contributed by atoms with van der Waals surface area (Å²) in [7, 11) is 3.07. The number of aromatic nitrogens is 1. The standard InChI is InChI=1S/C26H23ClN2O5/c1-32-17-11-18(33-2)13-19(12-17)34-15-23(30)29-24(16-7-4-3-5-8-16)21-14-22(27)20-9-6-10-28-25(20)26(21)31/h3-14,24,31H,15H2,1-2H3,(H,29,30). The van der Waals surface area contributed by atoms with Crippen LogP contribution in [0.2, 0.25) is 5.02 Å². The van der Waals surface area contributed by atoms with Crippen molar-refractivity contribution in [2.45, 2.75) is 6.04 Å². The van der Waals surface area contributed by atoms with E-state index >= 15 is 0 Å². The molecule has 174 valence electrons. The molecule has 0 fully saturated rings. The summed E-state index contributed by atoms with van der Waals surface area (Å²) in [6.07, 6.45) is 1.58. The Balaban J connectivity index is 1.62. The number of benzene rings is 3. The van der Waals surface area contributed by atoms with Gasteiger partial charge in [0.1, 0.15) is 28.5 Å². The number of phenols is 1. The molecule has 4 aromatic rings. The van der Waals surface area contributed by atoms with Gasteiger partial charge in [-0.3, -0.25) is 9.78 Å². The van der Waals surface area contributed by atoms with Gasteiger partial charge < -0.3 is 24.6 Å². The molecule has 0 saturated heterocycles. The summed E-state index contributed by atoms with van der Waals surface area (Å²) in [5, 5.41) is 15.0. The van der Waals surface area contributed by atoms with Gasteiger partial charge >= 0.3 is 0 Å². The zero-order chi connectivity index (χ0) is 24.1. The Hall–Kier alpha value is -3.97. The molecule has 3 aromatic carbocycles. The molecule has 0 aliphatic carbocycles. The fraction of sp³-hybridized carbons (Fsp3) is 0.154. The van der Waals surface area contributed by atoms with E-state index in [1.165, 1.54) is 14.2 Å². The van der Waals surface area contributed by atoms with Crippen LogP contribution in [0.1, 0.15) is 17.2 Å². The van der Waals surface area contributed by atoms with Crippen molar-refractivity contribution in [3.63, 3.8) is 0 Å². The maximum atomic E-state index is 12.9. The van der Waals surface area contributed by atoms with Gasteiger partial charge in [0.2, 0.25) is 0 Å². The average Bonchev–Trinajstić information content (AvgIpc) is 2.88. The average molecular weight is 479 g/mol. The van der Waals surface area contributed by atoms with Gasteiger partial charge in [0, 0.05) is 35.3 Å². The first-order valence-corrected chi connectivity index (χ1v) is 10.8. The number of halogens is 1. The van der Waals surface area contributed by atoms with Gasteiger partial charge in [-0.05, 0) is 23.8 Å². The van der Waals surface area contributed by atoms with Crippen LogP contribution < -0.4 is 19.5 Å². The van der Waals surface area contributed by atoms with Gasteiger partial charge in [0.05, 0.1) is 25.3 Å². The van der Waals surface area contributed by atoms with Gasteiger partial charge in [-0.15, -0.1) is 0 Å². The van der Waals surface area contributed by atoms with E-state index in [4.69, 9.17) is 25.8 Å². The van der Waals surface area contributed by atoms with E-state index in [0.717, 1.165) is 5.56 Å². The molecule has 34 heavy (non-hydrogen) atoms. The Morgan fingerprint density at radius 2 is 1.68 bits per heavy atom. The van der Waals surface area contributed by atoms with Gasteiger partial charge in [0.15, 0.2) is 6.61 Å². The highest BCUT2D eigenvalue weighted by Crippen LogP contribution is 2.38. The number of fused-ring (bicyclic) bond motifs is 1. The largest absolute Gasteiger partial charge is 0.505 e. The minimum absolute atomic E-state index is 0.0485. The Kier molecular flexibility index (Phi) is 7.04. The van der Waals surface area contributed by atoms with Crippen LogP contribution in [0.25, 0.3) is 10.9 Å². The van der Waals surface area contributed by atoms with Crippen molar-refractivity contribution in [1.82, 2.24) is 10.3 Å². The molecule has 1 aromatic heterocycles. The molecule has 0 spiro atoms. The van der Waals surface area contributed by atoms with Gasteiger partial charge in [-0.2, -0.15) is 0 Å². The lowest BCUT2D eigenvalue weighted by atomic mass is 9.96. The molecule has 0 aliphatic rings. The second-order valence-corrected chi connectivity index (χ2v) is 7.85. The Labute approximate surface area is 201 Å². The molecule has 0 aliphatic heterocycles. The molecular weight excluding hydrogens is 456 g/mol. The van der Waals surface area contributed by atoms with E-state index < -0.39 is 11.9 Å². The normalized spacial score (nSPS) is 11.6. The maximum Gasteiger partial charge on any atom is 0.258 e. The molecular formula is C26H23ClN2O5. The predicted molar refractivity (Wildman–Crippen MR) is 130 cm³/mol. The van der Waals surface area contributed by atoms with E-state index in [2.05, 4.69) is 10.3 Å². The Morgan fingerprint density at radius 1 is 1.00 bits per heavy atom. The fourth-order valence-electron chi connectivity index (χ4n) is 3.63. The Morgan fingerprint density at radius 3 is 2.35 bits per heavy atom. The first-order chi connectivity index (χ1) is 16.5. The lowest BCUT2D eigenvalue weighted by Gasteiger charge is -2.22. The minimum atomic E-state index is -0.680. The highest BCUT2D eigenvalue weighted by Gasteiger charge is 2.23. The molecule has 1 amide bonds. The first kappa shape index (κ1) is 23.2. The zero-order valence-electron chi connectivity index (χ0n) is 18.6.